The van der Waals surface area contributed by atoms with Crippen LogP contribution in [0.2, 0.25) is 0 Å². The van der Waals surface area contributed by atoms with Crippen LogP contribution in [0, 0.1) is 0 Å². The predicted octanol–water partition coefficient (Wildman–Crippen LogP) is 4.27. The van der Waals surface area contributed by atoms with E-state index in [-0.39, 0.29) is 42.4 Å². The molecule has 8 heteroatoms. The first kappa shape index (κ1) is 24.9. The second-order valence-corrected chi connectivity index (χ2v) is 9.74. The highest BCUT2D eigenvalue weighted by Crippen LogP contribution is 2.33. The van der Waals surface area contributed by atoms with Crippen molar-refractivity contribution in [1.29, 1.82) is 0 Å². The van der Waals surface area contributed by atoms with Crippen LogP contribution in [0.1, 0.15) is 92.3 Å². The molecule has 8 nitrogen and oxygen atoms in total. The molecule has 0 radical (unpaired) electrons. The first-order valence-corrected chi connectivity index (χ1v) is 12.9. The van der Waals surface area contributed by atoms with E-state index in [4.69, 9.17) is 4.74 Å². The number of anilines is 1. The van der Waals surface area contributed by atoms with Crippen molar-refractivity contribution < 1.29 is 19.1 Å². The Labute approximate surface area is 207 Å². The molecule has 35 heavy (non-hydrogen) atoms. The minimum absolute atomic E-state index is 0.0705. The van der Waals surface area contributed by atoms with Gasteiger partial charge in [0.15, 0.2) is 5.69 Å². The topological polar surface area (TPSA) is 93.5 Å². The second kappa shape index (κ2) is 10.6. The third kappa shape index (κ3) is 5.11. The number of aromatic nitrogens is 2. The van der Waals surface area contributed by atoms with Gasteiger partial charge in [-0.05, 0) is 50.8 Å². The van der Waals surface area contributed by atoms with E-state index in [9.17, 15) is 14.4 Å². The largest absolute Gasteiger partial charge is 0.461 e. The number of carbonyl (C=O) groups excluding carboxylic acids is 3. The predicted molar refractivity (Wildman–Crippen MR) is 133 cm³/mol. The molecule has 4 rings (SSSR count). The summed E-state index contributed by atoms with van der Waals surface area (Å²) in [6.07, 6.45) is 8.57. The number of nitrogens with one attached hydrogen (secondary N) is 1. The smallest absolute Gasteiger partial charge is 0.358 e. The molecule has 0 spiro atoms. The van der Waals surface area contributed by atoms with Crippen molar-refractivity contribution in [2.45, 2.75) is 90.3 Å². The van der Waals surface area contributed by atoms with Crippen LogP contribution in [0.5, 0.6) is 0 Å². The van der Waals surface area contributed by atoms with E-state index in [2.05, 4.69) is 17.3 Å². The minimum Gasteiger partial charge on any atom is -0.461 e. The van der Waals surface area contributed by atoms with Crippen molar-refractivity contribution in [2.75, 3.05) is 11.5 Å². The van der Waals surface area contributed by atoms with Gasteiger partial charge in [-0.25, -0.2) is 4.79 Å². The molecule has 1 atom stereocenters. The third-order valence-corrected chi connectivity index (χ3v) is 7.17. The van der Waals surface area contributed by atoms with E-state index in [0.717, 1.165) is 37.7 Å². The Bertz CT molecular complexity index is 1070. The van der Waals surface area contributed by atoms with E-state index in [1.54, 1.807) is 18.7 Å². The second-order valence-electron chi connectivity index (χ2n) is 9.74. The maximum atomic E-state index is 13.9. The average Bonchev–Trinajstić information content (AvgIpc) is 3.25. The Kier molecular flexibility index (Phi) is 7.57. The Morgan fingerprint density at radius 1 is 1.09 bits per heavy atom. The van der Waals surface area contributed by atoms with Crippen LogP contribution >= 0.6 is 0 Å². The Morgan fingerprint density at radius 3 is 2.37 bits per heavy atom. The SMILES string of the molecule is CCOC(=O)c1cc2n(n1)C[C@](C)(C(=O)NC1CCCCCCC1)N(c1ccc(CC)cc1)C2=O. The fourth-order valence-electron chi connectivity index (χ4n) is 5.11. The van der Waals surface area contributed by atoms with Crippen molar-refractivity contribution in [2.24, 2.45) is 0 Å². The first-order valence-electron chi connectivity index (χ1n) is 12.9. The molecule has 188 valence electrons. The summed E-state index contributed by atoms with van der Waals surface area (Å²) >= 11 is 0. The van der Waals surface area contributed by atoms with Crippen LogP contribution < -0.4 is 10.2 Å². The van der Waals surface area contributed by atoms with Gasteiger partial charge in [0.25, 0.3) is 5.91 Å². The van der Waals surface area contributed by atoms with Crippen molar-refractivity contribution in [3.8, 4) is 0 Å². The van der Waals surface area contributed by atoms with Crippen molar-refractivity contribution >= 4 is 23.5 Å². The number of ether oxygens (including phenoxy) is 1. The molecule has 1 aromatic heterocycles. The van der Waals surface area contributed by atoms with Gasteiger partial charge in [0.05, 0.1) is 13.2 Å². The third-order valence-electron chi connectivity index (χ3n) is 7.17. The van der Waals surface area contributed by atoms with Crippen LogP contribution in [-0.4, -0.2) is 45.8 Å². The van der Waals surface area contributed by atoms with Crippen molar-refractivity contribution in [3.63, 3.8) is 0 Å². The van der Waals surface area contributed by atoms with E-state index >= 15 is 0 Å². The van der Waals surface area contributed by atoms with Crippen LogP contribution in [0.3, 0.4) is 0 Å². The number of amides is 2. The Balaban J connectivity index is 1.70. The summed E-state index contributed by atoms with van der Waals surface area (Å²) in [6.45, 7) is 5.93. The van der Waals surface area contributed by atoms with Crippen LogP contribution in [0.25, 0.3) is 0 Å². The maximum absolute atomic E-state index is 13.9. The average molecular weight is 481 g/mol. The summed E-state index contributed by atoms with van der Waals surface area (Å²) in [5, 5.41) is 7.60. The molecular formula is C27H36N4O4. The maximum Gasteiger partial charge on any atom is 0.358 e. The molecular weight excluding hydrogens is 444 g/mol. The molecule has 1 N–H and O–H groups in total. The normalized spacial score (nSPS) is 21.1. The summed E-state index contributed by atoms with van der Waals surface area (Å²) in [6, 6.07) is 9.28. The van der Waals surface area contributed by atoms with Gasteiger partial charge in [0.1, 0.15) is 11.2 Å². The zero-order chi connectivity index (χ0) is 25.0. The number of aryl methyl sites for hydroxylation is 1. The van der Waals surface area contributed by atoms with Gasteiger partial charge >= 0.3 is 5.97 Å². The number of esters is 1. The van der Waals surface area contributed by atoms with Gasteiger partial charge in [0, 0.05) is 17.8 Å². The molecule has 0 bridgehead atoms. The summed E-state index contributed by atoms with van der Waals surface area (Å²) < 4.78 is 6.56. The lowest BCUT2D eigenvalue weighted by Crippen LogP contribution is -2.65. The van der Waals surface area contributed by atoms with Gasteiger partial charge in [-0.1, -0.05) is 51.2 Å². The monoisotopic (exact) mass is 480 g/mol. The quantitative estimate of drug-likeness (QED) is 0.623. The number of carbonyl (C=O) groups is 3. The van der Waals surface area contributed by atoms with E-state index in [0.29, 0.717) is 5.69 Å². The zero-order valence-corrected chi connectivity index (χ0v) is 21.0. The lowest BCUT2D eigenvalue weighted by Gasteiger charge is -2.43. The highest BCUT2D eigenvalue weighted by molar-refractivity contribution is 6.12. The molecule has 0 saturated heterocycles. The Morgan fingerprint density at radius 2 is 1.74 bits per heavy atom. The zero-order valence-electron chi connectivity index (χ0n) is 21.0. The lowest BCUT2D eigenvalue weighted by molar-refractivity contribution is -0.127. The molecule has 1 aromatic carbocycles. The number of nitrogens with zero attached hydrogens (tertiary/aromatic N) is 3. The number of fused-ring (bicyclic) bond motifs is 1. The number of hydrogen-bond acceptors (Lipinski definition) is 5. The molecule has 0 unspecified atom stereocenters. The van der Waals surface area contributed by atoms with Gasteiger partial charge in [-0.3, -0.25) is 19.2 Å². The molecule has 2 heterocycles. The van der Waals surface area contributed by atoms with Crippen LogP contribution in [0.4, 0.5) is 5.69 Å². The molecule has 1 saturated carbocycles. The fourth-order valence-corrected chi connectivity index (χ4v) is 5.11. The lowest BCUT2D eigenvalue weighted by atomic mass is 9.91. The first-order chi connectivity index (χ1) is 16.9. The van der Waals surface area contributed by atoms with Gasteiger partial charge in [-0.15, -0.1) is 0 Å². The standard InChI is InChI=1S/C27H36N4O4/c1-4-19-13-15-21(16-14-19)31-24(32)23-17-22(25(33)35-5-2)29-30(23)18-27(31,3)26(34)28-20-11-9-7-6-8-10-12-20/h13-17,20H,4-12,18H2,1-3H3,(H,28,34)/t27-/m1/s1. The van der Waals surface area contributed by atoms with Crippen molar-refractivity contribution in [1.82, 2.24) is 15.1 Å². The highest BCUT2D eigenvalue weighted by Gasteiger charge is 2.49. The van der Waals surface area contributed by atoms with Gasteiger partial charge < -0.3 is 10.1 Å². The fraction of sp³-hybridized carbons (Fsp3) is 0.556. The summed E-state index contributed by atoms with van der Waals surface area (Å²) in [7, 11) is 0. The Hall–Kier alpha value is -3.16. The van der Waals surface area contributed by atoms with E-state index in [1.807, 2.05) is 24.3 Å². The molecule has 2 aliphatic rings. The number of hydrogen-bond donors (Lipinski definition) is 1. The molecule has 2 aromatic rings. The molecule has 1 aliphatic carbocycles. The summed E-state index contributed by atoms with van der Waals surface area (Å²) in [5.41, 5.74) is 0.921. The van der Waals surface area contributed by atoms with Gasteiger partial charge in [-0.2, -0.15) is 5.10 Å². The molecule has 2 amide bonds. The summed E-state index contributed by atoms with van der Waals surface area (Å²) in [4.78, 5) is 41.5. The summed E-state index contributed by atoms with van der Waals surface area (Å²) in [5.74, 6) is -1.14. The van der Waals surface area contributed by atoms with Crippen molar-refractivity contribution in [3.05, 3.63) is 47.3 Å². The van der Waals surface area contributed by atoms with E-state index < -0.39 is 11.5 Å². The number of benzene rings is 1. The van der Waals surface area contributed by atoms with Crippen LogP contribution in [0.15, 0.2) is 30.3 Å². The minimum atomic E-state index is -1.21. The van der Waals surface area contributed by atoms with Gasteiger partial charge in [0.2, 0.25) is 5.91 Å². The highest BCUT2D eigenvalue weighted by atomic mass is 16.5. The van der Waals surface area contributed by atoms with E-state index in [1.165, 1.54) is 30.0 Å². The molecule has 1 fully saturated rings. The van der Waals surface area contributed by atoms with Crippen LogP contribution in [-0.2, 0) is 22.5 Å². The molecule has 1 aliphatic heterocycles. The number of rotatable bonds is 6.